The molecule has 0 aliphatic carbocycles. The lowest BCUT2D eigenvalue weighted by Gasteiger charge is -2.25. The number of carboxylic acids is 1. The van der Waals surface area contributed by atoms with Gasteiger partial charge in [-0.2, -0.15) is 0 Å². The highest BCUT2D eigenvalue weighted by Gasteiger charge is 2.28. The summed E-state index contributed by atoms with van der Waals surface area (Å²) < 4.78 is 28.5. The number of anilines is 1. The molecular weight excluding hydrogens is 765 g/mol. The van der Waals surface area contributed by atoms with Gasteiger partial charge in [-0.1, -0.05) is 82.3 Å². The van der Waals surface area contributed by atoms with Crippen molar-refractivity contribution in [2.75, 3.05) is 71.3 Å². The lowest BCUT2D eigenvalue weighted by atomic mass is 9.95. The van der Waals surface area contributed by atoms with Crippen molar-refractivity contribution >= 4 is 34.4 Å². The van der Waals surface area contributed by atoms with E-state index in [0.717, 1.165) is 52.1 Å². The average Bonchev–Trinajstić information content (AvgIpc) is 3.22. The largest absolute Gasteiger partial charge is 0.491 e. The molecule has 1 heterocycles. The summed E-state index contributed by atoms with van der Waals surface area (Å²) >= 11 is 0. The van der Waals surface area contributed by atoms with Gasteiger partial charge in [0.1, 0.15) is 24.2 Å². The highest BCUT2D eigenvalue weighted by atomic mass is 16.6. The van der Waals surface area contributed by atoms with Crippen LogP contribution in [0.25, 0.3) is 21.9 Å². The number of rotatable bonds is 29. The second-order valence-corrected chi connectivity index (χ2v) is 15.5. The van der Waals surface area contributed by atoms with Crippen LogP contribution in [0.1, 0.15) is 70.5 Å². The molecule has 0 unspecified atom stereocenters. The quantitative estimate of drug-likeness (QED) is 0.0404. The third kappa shape index (κ3) is 16.9. The van der Waals surface area contributed by atoms with Crippen molar-refractivity contribution in [2.45, 2.75) is 72.4 Å². The highest BCUT2D eigenvalue weighted by Crippen LogP contribution is 2.35. The normalized spacial score (nSPS) is 12.4. The molecule has 2 amide bonds. The van der Waals surface area contributed by atoms with Gasteiger partial charge in [-0.15, -0.1) is 0 Å². The number of nitrogens with one attached hydrogen (secondary N) is 3. The van der Waals surface area contributed by atoms with Gasteiger partial charge in [-0.05, 0) is 77.4 Å². The van der Waals surface area contributed by atoms with Crippen LogP contribution in [0.5, 0.6) is 5.75 Å². The summed E-state index contributed by atoms with van der Waals surface area (Å²) in [6, 6.07) is 21.6. The molecule has 0 aliphatic heterocycles. The van der Waals surface area contributed by atoms with Crippen molar-refractivity contribution in [1.29, 1.82) is 0 Å². The zero-order valence-corrected chi connectivity index (χ0v) is 35.9. The molecular formula is C47H64N4O9. The topological polar surface area (TPSA) is 167 Å². The molecule has 326 valence electrons. The number of benzene rings is 3. The highest BCUT2D eigenvalue weighted by molar-refractivity contribution is 6.00. The van der Waals surface area contributed by atoms with E-state index in [-0.39, 0.29) is 24.7 Å². The number of carbonyl (C=O) groups is 3. The number of nitrogens with zero attached hydrogens (tertiary/aromatic N) is 1. The SMILES string of the molecule is Cc1ccnc(NCCCC(=O)N[C@@H](C(=O)N[C@@H](CC(=O)O)c2ccc(-c3ccc(OCCOCCOCCOCCOCCC(C)C)c4ccccc34)cc2)C(C)C)c1. The first-order valence-corrected chi connectivity index (χ1v) is 21.1. The van der Waals surface area contributed by atoms with Crippen molar-refractivity contribution < 1.29 is 43.2 Å². The van der Waals surface area contributed by atoms with E-state index in [9.17, 15) is 19.5 Å². The Kier molecular flexibility index (Phi) is 20.8. The van der Waals surface area contributed by atoms with E-state index in [2.05, 4.69) is 34.8 Å². The molecule has 3 aromatic carbocycles. The number of ether oxygens (including phenoxy) is 5. The summed E-state index contributed by atoms with van der Waals surface area (Å²) in [5.74, 6) is 0.142. The molecule has 4 N–H and O–H groups in total. The zero-order chi connectivity index (χ0) is 43.1. The van der Waals surface area contributed by atoms with E-state index < -0.39 is 24.0 Å². The number of carbonyl (C=O) groups excluding carboxylic acids is 2. The summed E-state index contributed by atoms with van der Waals surface area (Å²) in [7, 11) is 0. The fourth-order valence-electron chi connectivity index (χ4n) is 6.40. The van der Waals surface area contributed by atoms with Gasteiger partial charge in [0.05, 0.1) is 58.7 Å². The number of amides is 2. The number of aryl methyl sites for hydroxylation is 1. The molecule has 13 heteroatoms. The van der Waals surface area contributed by atoms with Crippen LogP contribution in [0.15, 0.2) is 79.0 Å². The monoisotopic (exact) mass is 828 g/mol. The molecule has 4 aromatic rings. The molecule has 0 saturated carbocycles. The number of pyridine rings is 1. The van der Waals surface area contributed by atoms with Crippen LogP contribution in [0.3, 0.4) is 0 Å². The molecule has 4 rings (SSSR count). The number of aliphatic carboxylic acids is 1. The summed E-state index contributed by atoms with van der Waals surface area (Å²) in [4.78, 5) is 42.6. The second-order valence-electron chi connectivity index (χ2n) is 15.5. The Morgan fingerprint density at radius 2 is 1.37 bits per heavy atom. The minimum Gasteiger partial charge on any atom is -0.491 e. The van der Waals surface area contributed by atoms with Crippen molar-refractivity contribution in [2.24, 2.45) is 11.8 Å². The lowest BCUT2D eigenvalue weighted by Crippen LogP contribution is -2.50. The Labute approximate surface area is 354 Å². The Balaban J connectivity index is 1.25. The van der Waals surface area contributed by atoms with Gasteiger partial charge >= 0.3 is 5.97 Å². The van der Waals surface area contributed by atoms with E-state index in [4.69, 9.17) is 23.7 Å². The molecule has 0 saturated heterocycles. The van der Waals surface area contributed by atoms with E-state index >= 15 is 0 Å². The summed E-state index contributed by atoms with van der Waals surface area (Å²) in [5, 5.41) is 20.7. The number of hydrogen-bond donors (Lipinski definition) is 4. The van der Waals surface area contributed by atoms with E-state index in [1.54, 1.807) is 6.20 Å². The predicted molar refractivity (Wildman–Crippen MR) is 234 cm³/mol. The van der Waals surface area contributed by atoms with Gasteiger partial charge in [0.15, 0.2) is 0 Å². The van der Waals surface area contributed by atoms with E-state index in [1.807, 2.05) is 93.6 Å². The van der Waals surface area contributed by atoms with Gasteiger partial charge in [0.25, 0.3) is 0 Å². The smallest absolute Gasteiger partial charge is 0.305 e. The van der Waals surface area contributed by atoms with E-state index in [1.165, 1.54) is 0 Å². The Morgan fingerprint density at radius 3 is 1.98 bits per heavy atom. The number of carboxylic acid groups (broad SMARTS) is 1. The third-order valence-electron chi connectivity index (χ3n) is 9.71. The van der Waals surface area contributed by atoms with Gasteiger partial charge in [-0.3, -0.25) is 14.4 Å². The molecule has 0 aliphatic rings. The van der Waals surface area contributed by atoms with Crippen LogP contribution in [0.2, 0.25) is 0 Å². The van der Waals surface area contributed by atoms with Crippen molar-refractivity contribution in [3.63, 3.8) is 0 Å². The van der Waals surface area contributed by atoms with Crippen molar-refractivity contribution in [1.82, 2.24) is 15.6 Å². The van der Waals surface area contributed by atoms with Crippen LogP contribution >= 0.6 is 0 Å². The van der Waals surface area contributed by atoms with Crippen LogP contribution in [0.4, 0.5) is 5.82 Å². The Hall–Kier alpha value is -5.08. The molecule has 60 heavy (non-hydrogen) atoms. The zero-order valence-electron chi connectivity index (χ0n) is 35.9. The minimum absolute atomic E-state index is 0.217. The molecule has 0 fully saturated rings. The fourth-order valence-corrected chi connectivity index (χ4v) is 6.40. The molecule has 13 nitrogen and oxygen atoms in total. The Bertz CT molecular complexity index is 1900. The maximum atomic E-state index is 13.6. The Morgan fingerprint density at radius 1 is 0.733 bits per heavy atom. The lowest BCUT2D eigenvalue weighted by molar-refractivity contribution is -0.138. The molecule has 0 radical (unpaired) electrons. The van der Waals surface area contributed by atoms with Gasteiger partial charge in [-0.25, -0.2) is 4.98 Å². The number of aromatic nitrogens is 1. The summed E-state index contributed by atoms with van der Waals surface area (Å²) in [6.07, 6.45) is 3.22. The third-order valence-corrected chi connectivity index (χ3v) is 9.71. The second kappa shape index (κ2) is 26.2. The maximum Gasteiger partial charge on any atom is 0.305 e. The van der Waals surface area contributed by atoms with Crippen molar-refractivity contribution in [3.8, 4) is 16.9 Å². The maximum absolute atomic E-state index is 13.6. The van der Waals surface area contributed by atoms with Crippen LogP contribution < -0.4 is 20.7 Å². The molecule has 0 spiro atoms. The molecule has 0 bridgehead atoms. The number of hydrogen-bond acceptors (Lipinski definition) is 10. The first kappa shape index (κ1) is 47.6. The first-order chi connectivity index (χ1) is 29.0. The van der Waals surface area contributed by atoms with Gasteiger partial charge in [0, 0.05) is 31.2 Å². The number of fused-ring (bicyclic) bond motifs is 1. The van der Waals surface area contributed by atoms with Gasteiger partial charge < -0.3 is 44.7 Å². The fraction of sp³-hybridized carbons (Fsp3) is 0.489. The standard InChI is InChI=1S/C47H64N4O9/c1-33(2)19-22-56-23-24-57-25-26-58-27-28-59-29-30-60-42-17-16-38(39-9-6-7-10-40(39)42)36-12-14-37(15-13-36)41(32-45(53)54)50-47(55)46(34(3)4)51-44(52)11-8-20-48-43-31-35(5)18-21-49-43/h6-7,9-10,12-18,21,31,33-34,41,46H,8,11,19-20,22-30,32H2,1-5H3,(H,48,49)(H,50,55)(H,51,52)(H,53,54)/t41-,46+/m0/s1. The first-order valence-electron chi connectivity index (χ1n) is 21.1. The molecule has 2 atom stereocenters. The summed E-state index contributed by atoms with van der Waals surface area (Å²) in [6.45, 7) is 15.2. The van der Waals surface area contributed by atoms with Crippen LogP contribution in [-0.4, -0.2) is 99.9 Å². The average molecular weight is 829 g/mol. The predicted octanol–water partition coefficient (Wildman–Crippen LogP) is 7.37. The minimum atomic E-state index is -1.05. The van der Waals surface area contributed by atoms with Gasteiger partial charge in [0.2, 0.25) is 11.8 Å². The van der Waals surface area contributed by atoms with Crippen LogP contribution in [0, 0.1) is 18.8 Å². The van der Waals surface area contributed by atoms with Crippen LogP contribution in [-0.2, 0) is 33.3 Å². The molecule has 1 aromatic heterocycles. The van der Waals surface area contributed by atoms with Crippen molar-refractivity contribution in [3.05, 3.63) is 90.1 Å². The van der Waals surface area contributed by atoms with E-state index in [0.29, 0.717) is 77.3 Å². The summed E-state index contributed by atoms with van der Waals surface area (Å²) in [5.41, 5.74) is 3.63.